The van der Waals surface area contributed by atoms with Gasteiger partial charge in [-0.1, -0.05) is 38.0 Å². The fourth-order valence-corrected chi connectivity index (χ4v) is 4.42. The average molecular weight is 389 g/mol. The molecule has 1 unspecified atom stereocenters. The summed E-state index contributed by atoms with van der Waals surface area (Å²) in [5.41, 5.74) is 6.21. The molecule has 2 aromatic carbocycles. The molecule has 0 fully saturated rings. The molecule has 0 N–H and O–H groups in total. The van der Waals surface area contributed by atoms with Crippen molar-refractivity contribution in [2.24, 2.45) is 7.05 Å². The molecule has 4 rings (SSSR count). The summed E-state index contributed by atoms with van der Waals surface area (Å²) in [4.78, 5) is 3.61. The van der Waals surface area contributed by atoms with E-state index in [-0.39, 0.29) is 6.04 Å². The molecule has 3 nitrogen and oxygen atoms in total. The number of benzene rings is 2. The number of aryl methyl sites for hydroxylation is 2. The Labute approximate surface area is 179 Å². The van der Waals surface area contributed by atoms with Crippen molar-refractivity contribution in [3.05, 3.63) is 69.7 Å². The van der Waals surface area contributed by atoms with Gasteiger partial charge >= 0.3 is 0 Å². The van der Waals surface area contributed by atoms with E-state index in [1.54, 1.807) is 31.5 Å². The lowest BCUT2D eigenvalue weighted by atomic mass is 9.92. The van der Waals surface area contributed by atoms with E-state index in [0.29, 0.717) is 39.4 Å². The van der Waals surface area contributed by atoms with Gasteiger partial charge in [-0.3, -0.25) is 0 Å². The number of fused-ring (bicyclic) bond motifs is 3. The molecule has 0 amide bonds. The molecule has 29 heavy (non-hydrogen) atoms. The maximum Gasteiger partial charge on any atom is 0.229 e. The second kappa shape index (κ2) is 6.74. The van der Waals surface area contributed by atoms with Crippen LogP contribution in [0.5, 0.6) is 0 Å². The summed E-state index contributed by atoms with van der Waals surface area (Å²) >= 11 is 0. The number of hydrogen-bond donors (Lipinski definition) is 0. The number of pyridine rings is 1. The normalized spacial score (nSPS) is 16.5. The molecule has 4 aromatic rings. The maximum absolute atomic E-state index is 9.06. The van der Waals surface area contributed by atoms with E-state index in [9.17, 15) is 0 Å². The standard InChI is InChI=1S/C26H27N2O/c1-14(2)22-17(5)13-21(28(8)18(22)6)24-16(4)12-15(3)23-19-10-9-11-20(27-7)25(19)29-26(23)24/h9-14H,1-6,8H3/q+1/i1D3,13D,14D. The predicted octanol–water partition coefficient (Wildman–Crippen LogP) is 6.99. The first-order valence-corrected chi connectivity index (χ1v) is 9.57. The van der Waals surface area contributed by atoms with Crippen LogP contribution in [0.25, 0.3) is 38.0 Å². The predicted molar refractivity (Wildman–Crippen MR) is 120 cm³/mol. The van der Waals surface area contributed by atoms with Gasteiger partial charge in [0.1, 0.15) is 18.2 Å². The molecular weight excluding hydrogens is 356 g/mol. The number of aromatic nitrogens is 1. The van der Waals surface area contributed by atoms with E-state index in [2.05, 4.69) is 4.85 Å². The van der Waals surface area contributed by atoms with Crippen molar-refractivity contribution in [2.45, 2.75) is 47.4 Å². The molecule has 0 saturated carbocycles. The van der Waals surface area contributed by atoms with Gasteiger partial charge in [-0.25, -0.2) is 4.85 Å². The SMILES string of the molecule is [2H]c1c(C)c(C([2H])(C)C([2H])([2H])[2H])c(C)[n+](C)c1-c1c(C)cc(C)c2c1oc1c([N+]#[C-])cccc12. The monoisotopic (exact) mass is 388 g/mol. The third-order valence-corrected chi connectivity index (χ3v) is 5.76. The Morgan fingerprint density at radius 2 is 1.93 bits per heavy atom. The Morgan fingerprint density at radius 3 is 2.62 bits per heavy atom. The zero-order valence-electron chi connectivity index (χ0n) is 22.6. The van der Waals surface area contributed by atoms with Crippen LogP contribution in [0.15, 0.2) is 34.7 Å². The summed E-state index contributed by atoms with van der Waals surface area (Å²) in [5.74, 6) is -1.87. The minimum absolute atomic E-state index is 0.157. The van der Waals surface area contributed by atoms with Crippen LogP contribution < -0.4 is 4.57 Å². The molecule has 0 aliphatic rings. The van der Waals surface area contributed by atoms with Gasteiger partial charge in [0.25, 0.3) is 0 Å². The second-order valence-corrected chi connectivity index (χ2v) is 7.70. The largest absolute Gasteiger partial charge is 0.466 e. The van der Waals surface area contributed by atoms with E-state index >= 15 is 0 Å². The fourth-order valence-electron chi connectivity index (χ4n) is 4.42. The van der Waals surface area contributed by atoms with Gasteiger partial charge in [0.15, 0.2) is 5.69 Å². The van der Waals surface area contributed by atoms with Gasteiger partial charge in [-0.15, -0.1) is 0 Å². The van der Waals surface area contributed by atoms with Gasteiger partial charge in [-0.05, 0) is 43.4 Å². The van der Waals surface area contributed by atoms with Crippen LogP contribution in [0, 0.1) is 34.3 Å². The van der Waals surface area contributed by atoms with E-state index in [0.717, 1.165) is 27.5 Å². The van der Waals surface area contributed by atoms with Crippen molar-refractivity contribution < 1.29 is 15.8 Å². The Hall–Kier alpha value is -3.12. The molecule has 2 aromatic heterocycles. The third kappa shape index (κ3) is 2.75. The van der Waals surface area contributed by atoms with E-state index in [1.165, 1.54) is 6.92 Å². The van der Waals surface area contributed by atoms with Crippen LogP contribution in [-0.2, 0) is 7.05 Å². The zero-order chi connectivity index (χ0) is 25.3. The molecule has 0 saturated heterocycles. The molecule has 1 atom stereocenters. The van der Waals surface area contributed by atoms with Crippen molar-refractivity contribution in [1.29, 1.82) is 0 Å². The lowest BCUT2D eigenvalue weighted by Crippen LogP contribution is -2.37. The first-order valence-electron chi connectivity index (χ1n) is 12.1. The van der Waals surface area contributed by atoms with Crippen molar-refractivity contribution in [2.75, 3.05) is 0 Å². The van der Waals surface area contributed by atoms with Crippen LogP contribution in [0.1, 0.15) is 54.5 Å². The Morgan fingerprint density at radius 1 is 1.17 bits per heavy atom. The molecular formula is C26H27N2O+. The van der Waals surface area contributed by atoms with Crippen LogP contribution >= 0.6 is 0 Å². The summed E-state index contributed by atoms with van der Waals surface area (Å²) < 4.78 is 49.6. The third-order valence-electron chi connectivity index (χ3n) is 5.76. The highest BCUT2D eigenvalue weighted by molar-refractivity contribution is 6.14. The van der Waals surface area contributed by atoms with Crippen LogP contribution in [0.2, 0.25) is 0 Å². The second-order valence-electron chi connectivity index (χ2n) is 7.70. The van der Waals surface area contributed by atoms with Crippen molar-refractivity contribution in [1.82, 2.24) is 0 Å². The Bertz CT molecular complexity index is 1510. The van der Waals surface area contributed by atoms with E-state index in [4.69, 9.17) is 17.8 Å². The van der Waals surface area contributed by atoms with Gasteiger partial charge in [0, 0.05) is 34.8 Å². The number of hydrogen-bond acceptors (Lipinski definition) is 1. The minimum atomic E-state index is -2.55. The molecule has 0 radical (unpaired) electrons. The summed E-state index contributed by atoms with van der Waals surface area (Å²) in [6, 6.07) is 7.71. The van der Waals surface area contributed by atoms with E-state index < -0.39 is 12.7 Å². The fraction of sp³-hybridized carbons (Fsp3) is 0.308. The number of para-hydroxylation sites is 1. The van der Waals surface area contributed by atoms with Crippen molar-refractivity contribution in [3.8, 4) is 11.3 Å². The first kappa shape index (κ1) is 14.0. The average Bonchev–Trinajstić information content (AvgIpc) is 3.13. The number of furan rings is 1. The summed E-state index contributed by atoms with van der Waals surface area (Å²) in [6.45, 7) is 13.8. The number of rotatable bonds is 2. The Kier molecular flexibility index (Phi) is 3.24. The highest BCUT2D eigenvalue weighted by atomic mass is 16.3. The Balaban J connectivity index is 2.18. The highest BCUT2D eigenvalue weighted by Crippen LogP contribution is 2.42. The summed E-state index contributed by atoms with van der Waals surface area (Å²) in [7, 11) is 1.79. The zero-order valence-corrected chi connectivity index (χ0v) is 17.6. The van der Waals surface area contributed by atoms with Gasteiger partial charge in [0.05, 0.1) is 13.5 Å². The van der Waals surface area contributed by atoms with Gasteiger partial charge < -0.3 is 4.42 Å². The molecule has 146 valence electrons. The topological polar surface area (TPSA) is 21.4 Å². The molecule has 0 bridgehead atoms. The molecule has 0 aliphatic heterocycles. The first-order chi connectivity index (χ1) is 15.7. The maximum atomic E-state index is 9.06. The van der Waals surface area contributed by atoms with Gasteiger partial charge in [-0.2, -0.15) is 4.57 Å². The number of nitrogens with zero attached hydrogens (tertiary/aromatic N) is 2. The highest BCUT2D eigenvalue weighted by Gasteiger charge is 2.26. The van der Waals surface area contributed by atoms with Crippen LogP contribution in [-0.4, -0.2) is 0 Å². The van der Waals surface area contributed by atoms with Crippen LogP contribution in [0.3, 0.4) is 0 Å². The smallest absolute Gasteiger partial charge is 0.229 e. The molecule has 0 aliphatic carbocycles. The van der Waals surface area contributed by atoms with Crippen molar-refractivity contribution in [3.63, 3.8) is 0 Å². The van der Waals surface area contributed by atoms with Crippen LogP contribution in [0.4, 0.5) is 5.69 Å². The lowest BCUT2D eigenvalue weighted by Gasteiger charge is -2.15. The molecule has 2 heterocycles. The molecule has 0 spiro atoms. The van der Waals surface area contributed by atoms with Crippen molar-refractivity contribution >= 4 is 27.6 Å². The quantitative estimate of drug-likeness (QED) is 0.268. The summed E-state index contributed by atoms with van der Waals surface area (Å²) in [6.07, 6.45) is 0. The molecule has 3 heteroatoms. The summed E-state index contributed by atoms with van der Waals surface area (Å²) in [5, 5.41) is 1.75. The van der Waals surface area contributed by atoms with Gasteiger partial charge in [0.2, 0.25) is 11.4 Å². The minimum Gasteiger partial charge on any atom is -0.466 e. The lowest BCUT2D eigenvalue weighted by molar-refractivity contribution is -0.667. The van der Waals surface area contributed by atoms with E-state index in [1.807, 2.05) is 32.0 Å².